The van der Waals surface area contributed by atoms with Crippen molar-refractivity contribution < 1.29 is 9.13 Å². The van der Waals surface area contributed by atoms with Crippen molar-refractivity contribution in [3.05, 3.63) is 32.6 Å². The molecule has 0 radical (unpaired) electrons. The van der Waals surface area contributed by atoms with Gasteiger partial charge in [-0.2, -0.15) is 0 Å². The molecule has 2 heterocycles. The van der Waals surface area contributed by atoms with Crippen LogP contribution < -0.4 is 11.2 Å². The molecule has 1 unspecified atom stereocenters. The Labute approximate surface area is 104 Å². The summed E-state index contributed by atoms with van der Waals surface area (Å²) in [7, 11) is 0. The summed E-state index contributed by atoms with van der Waals surface area (Å²) < 4.78 is 20.8. The molecule has 0 aliphatic carbocycles. The fourth-order valence-corrected chi connectivity index (χ4v) is 2.43. The number of H-pyrrole nitrogens is 1. The molecule has 2 rings (SSSR count). The highest BCUT2D eigenvalue weighted by Crippen LogP contribution is 2.43. The second-order valence-corrected chi connectivity index (χ2v) is 4.88. The van der Waals surface area contributed by atoms with Gasteiger partial charge < -0.3 is 4.74 Å². The predicted octanol–water partition coefficient (Wildman–Crippen LogP) is 1.48. The van der Waals surface area contributed by atoms with Crippen molar-refractivity contribution in [1.82, 2.24) is 9.55 Å². The zero-order valence-corrected chi connectivity index (χ0v) is 10.7. The average Bonchev–Trinajstić information content (AvgIpc) is 2.54. The van der Waals surface area contributed by atoms with E-state index >= 15 is 0 Å². The third-order valence-electron chi connectivity index (χ3n) is 3.40. The fraction of sp³-hybridized carbons (Fsp3) is 0.667. The Hall–Kier alpha value is -1.43. The maximum absolute atomic E-state index is 14.2. The molecule has 6 heteroatoms. The molecule has 0 saturated carbocycles. The molecule has 0 aromatic carbocycles. The normalized spacial score (nSPS) is 31.8. The van der Waals surface area contributed by atoms with Crippen LogP contribution in [-0.2, 0) is 4.74 Å². The molecule has 1 aromatic heterocycles. The quantitative estimate of drug-likeness (QED) is 0.871. The monoisotopic (exact) mass is 256 g/mol. The first kappa shape index (κ1) is 13.0. The Bertz CT molecular complexity index is 565. The van der Waals surface area contributed by atoms with Crippen molar-refractivity contribution in [1.29, 1.82) is 0 Å². The van der Waals surface area contributed by atoms with Crippen LogP contribution in [0.25, 0.3) is 0 Å². The van der Waals surface area contributed by atoms with Crippen LogP contribution in [0.4, 0.5) is 4.39 Å². The van der Waals surface area contributed by atoms with Crippen LogP contribution in [-0.4, -0.2) is 15.4 Å². The van der Waals surface area contributed by atoms with Crippen LogP contribution in [0.5, 0.6) is 0 Å². The van der Waals surface area contributed by atoms with Gasteiger partial charge in [-0.3, -0.25) is 14.3 Å². The lowest BCUT2D eigenvalue weighted by Gasteiger charge is -2.21. The van der Waals surface area contributed by atoms with E-state index in [0.29, 0.717) is 5.69 Å². The fourth-order valence-electron chi connectivity index (χ4n) is 2.43. The van der Waals surface area contributed by atoms with E-state index in [1.807, 2.05) is 6.92 Å². The van der Waals surface area contributed by atoms with E-state index in [2.05, 4.69) is 4.98 Å². The van der Waals surface area contributed by atoms with Crippen molar-refractivity contribution in [2.75, 3.05) is 0 Å². The summed E-state index contributed by atoms with van der Waals surface area (Å²) in [6.07, 6.45) is -0.177. The SMILES string of the molecule is CC[C@]1(F)C[C@H](C)C(n2c(C)cc(=O)[nH]c2=O)O1. The molecule has 1 aliphatic heterocycles. The lowest BCUT2D eigenvalue weighted by atomic mass is 10.0. The standard InChI is InChI=1S/C12H17FN2O3/c1-4-12(13)6-7(2)10(18-12)15-8(3)5-9(16)14-11(15)17/h5,7,10H,4,6H2,1-3H3,(H,14,16,17)/t7-,10?,12+/m0/s1. The van der Waals surface area contributed by atoms with Crippen molar-refractivity contribution >= 4 is 0 Å². The van der Waals surface area contributed by atoms with Gasteiger partial charge in [0.05, 0.1) is 0 Å². The smallest absolute Gasteiger partial charge is 0.321 e. The second kappa shape index (κ2) is 4.35. The third kappa shape index (κ3) is 2.12. The van der Waals surface area contributed by atoms with Gasteiger partial charge in [-0.15, -0.1) is 0 Å². The Balaban J connectivity index is 2.45. The van der Waals surface area contributed by atoms with E-state index in [-0.39, 0.29) is 18.8 Å². The molecule has 3 atom stereocenters. The van der Waals surface area contributed by atoms with E-state index in [0.717, 1.165) is 0 Å². The Morgan fingerprint density at radius 2 is 2.28 bits per heavy atom. The number of halogens is 1. The first-order valence-electron chi connectivity index (χ1n) is 6.05. The minimum Gasteiger partial charge on any atom is -0.321 e. The molecule has 1 saturated heterocycles. The molecule has 1 N–H and O–H groups in total. The van der Waals surface area contributed by atoms with Crippen LogP contribution in [0.2, 0.25) is 0 Å². The highest BCUT2D eigenvalue weighted by molar-refractivity contribution is 5.01. The second-order valence-electron chi connectivity index (χ2n) is 4.88. The number of aromatic amines is 1. The number of hydrogen-bond acceptors (Lipinski definition) is 3. The van der Waals surface area contributed by atoms with Gasteiger partial charge in [0.15, 0.2) is 0 Å². The van der Waals surface area contributed by atoms with Crippen LogP contribution in [0.3, 0.4) is 0 Å². The van der Waals surface area contributed by atoms with Gasteiger partial charge in [-0.25, -0.2) is 9.18 Å². The maximum atomic E-state index is 14.2. The van der Waals surface area contributed by atoms with E-state index in [1.165, 1.54) is 10.6 Å². The van der Waals surface area contributed by atoms with Gasteiger partial charge in [0.2, 0.25) is 5.85 Å². The molecule has 1 fully saturated rings. The van der Waals surface area contributed by atoms with Crippen LogP contribution >= 0.6 is 0 Å². The summed E-state index contributed by atoms with van der Waals surface area (Å²) in [6, 6.07) is 1.31. The van der Waals surface area contributed by atoms with Gasteiger partial charge in [-0.05, 0) is 6.92 Å². The number of hydrogen-bond donors (Lipinski definition) is 1. The number of aromatic nitrogens is 2. The minimum absolute atomic E-state index is 0.128. The van der Waals surface area contributed by atoms with Crippen LogP contribution in [0.1, 0.15) is 38.6 Å². The predicted molar refractivity (Wildman–Crippen MR) is 64.1 cm³/mol. The Morgan fingerprint density at radius 3 is 2.78 bits per heavy atom. The number of rotatable bonds is 2. The van der Waals surface area contributed by atoms with E-state index in [4.69, 9.17) is 4.74 Å². The Morgan fingerprint density at radius 1 is 1.61 bits per heavy atom. The minimum atomic E-state index is -1.69. The molecule has 1 aromatic rings. The lowest BCUT2D eigenvalue weighted by Crippen LogP contribution is -2.36. The molecule has 5 nitrogen and oxygen atoms in total. The van der Waals surface area contributed by atoms with Gasteiger partial charge in [0.25, 0.3) is 5.56 Å². The first-order valence-corrected chi connectivity index (χ1v) is 6.05. The number of alkyl halides is 1. The highest BCUT2D eigenvalue weighted by atomic mass is 19.2. The van der Waals surface area contributed by atoms with Crippen molar-refractivity contribution in [2.45, 2.75) is 45.7 Å². The van der Waals surface area contributed by atoms with E-state index in [1.54, 1.807) is 13.8 Å². The van der Waals surface area contributed by atoms with Crippen LogP contribution in [0.15, 0.2) is 15.7 Å². The van der Waals surface area contributed by atoms with Crippen LogP contribution in [0, 0.1) is 12.8 Å². The summed E-state index contributed by atoms with van der Waals surface area (Å²) in [4.78, 5) is 25.1. The maximum Gasteiger partial charge on any atom is 0.330 e. The summed E-state index contributed by atoms with van der Waals surface area (Å²) in [6.45, 7) is 5.17. The summed E-state index contributed by atoms with van der Waals surface area (Å²) >= 11 is 0. The molecule has 1 aliphatic rings. The molecule has 100 valence electrons. The topological polar surface area (TPSA) is 64.1 Å². The largest absolute Gasteiger partial charge is 0.330 e. The van der Waals surface area contributed by atoms with E-state index < -0.39 is 23.3 Å². The number of aryl methyl sites for hydroxylation is 1. The lowest BCUT2D eigenvalue weighted by molar-refractivity contribution is -0.159. The zero-order valence-electron chi connectivity index (χ0n) is 10.7. The van der Waals surface area contributed by atoms with Crippen molar-refractivity contribution in [3.8, 4) is 0 Å². The van der Waals surface area contributed by atoms with Gasteiger partial charge in [0.1, 0.15) is 6.23 Å². The summed E-state index contributed by atoms with van der Waals surface area (Å²) in [5.74, 6) is -1.82. The summed E-state index contributed by atoms with van der Waals surface area (Å²) in [5.41, 5.74) is -0.542. The molecule has 18 heavy (non-hydrogen) atoms. The summed E-state index contributed by atoms with van der Waals surface area (Å²) in [5, 5.41) is 0. The zero-order chi connectivity index (χ0) is 13.5. The van der Waals surface area contributed by atoms with Gasteiger partial charge >= 0.3 is 5.69 Å². The highest BCUT2D eigenvalue weighted by Gasteiger charge is 2.45. The number of nitrogens with zero attached hydrogens (tertiary/aromatic N) is 1. The number of nitrogens with one attached hydrogen (secondary N) is 1. The van der Waals surface area contributed by atoms with Gasteiger partial charge in [0, 0.05) is 30.5 Å². The molecule has 0 bridgehead atoms. The third-order valence-corrected chi connectivity index (χ3v) is 3.40. The van der Waals surface area contributed by atoms with Crippen molar-refractivity contribution in [2.24, 2.45) is 5.92 Å². The van der Waals surface area contributed by atoms with Crippen molar-refractivity contribution in [3.63, 3.8) is 0 Å². The average molecular weight is 256 g/mol. The van der Waals surface area contributed by atoms with E-state index in [9.17, 15) is 14.0 Å². The molecule has 0 spiro atoms. The van der Waals surface area contributed by atoms with Gasteiger partial charge in [-0.1, -0.05) is 13.8 Å². The number of ether oxygens (including phenoxy) is 1. The first-order chi connectivity index (χ1) is 8.36. The molecular weight excluding hydrogens is 239 g/mol. The molecular formula is C12H17FN2O3. The Kier molecular flexibility index (Phi) is 3.14. The molecule has 0 amide bonds.